The Morgan fingerprint density at radius 1 is 1.60 bits per heavy atom. The van der Waals surface area contributed by atoms with Crippen molar-refractivity contribution in [3.05, 3.63) is 29.0 Å². The molecule has 0 fully saturated rings. The summed E-state index contributed by atoms with van der Waals surface area (Å²) in [4.78, 5) is 0. The van der Waals surface area contributed by atoms with Gasteiger partial charge in [-0.1, -0.05) is 25.5 Å². The summed E-state index contributed by atoms with van der Waals surface area (Å²) in [6, 6.07) is 0. The third kappa shape index (κ3) is 4.53. The molecule has 0 aromatic rings. The van der Waals surface area contributed by atoms with Crippen molar-refractivity contribution in [2.45, 2.75) is 53.4 Å². The Morgan fingerprint density at radius 3 is 2.87 bits per heavy atom. The highest BCUT2D eigenvalue weighted by Crippen LogP contribution is 2.29. The van der Waals surface area contributed by atoms with Gasteiger partial charge in [-0.2, -0.15) is 0 Å². The second-order valence-electron chi connectivity index (χ2n) is 5.14. The van der Waals surface area contributed by atoms with E-state index in [9.17, 15) is 0 Å². The molecule has 0 heteroatoms. The van der Waals surface area contributed by atoms with E-state index in [0.717, 1.165) is 12.3 Å². The zero-order chi connectivity index (χ0) is 11.3. The molecule has 15 heavy (non-hydrogen) atoms. The van der Waals surface area contributed by atoms with E-state index < -0.39 is 0 Å². The maximum atomic E-state index is 3.29. The lowest BCUT2D eigenvalue weighted by Gasteiger charge is -2.22. The van der Waals surface area contributed by atoms with Crippen molar-refractivity contribution in [3.63, 3.8) is 0 Å². The zero-order valence-corrected chi connectivity index (χ0v) is 10.6. The van der Waals surface area contributed by atoms with Crippen molar-refractivity contribution in [3.8, 4) is 0 Å². The van der Waals surface area contributed by atoms with Gasteiger partial charge in [0.15, 0.2) is 0 Å². The van der Waals surface area contributed by atoms with Crippen molar-refractivity contribution >= 4 is 0 Å². The van der Waals surface area contributed by atoms with Gasteiger partial charge in [0.2, 0.25) is 0 Å². The van der Waals surface area contributed by atoms with E-state index in [1.165, 1.54) is 24.8 Å². The second-order valence-corrected chi connectivity index (χ2v) is 5.14. The van der Waals surface area contributed by atoms with Gasteiger partial charge in [0.1, 0.15) is 0 Å². The molecule has 0 aromatic carbocycles. The second kappa shape index (κ2) is 5.98. The van der Waals surface area contributed by atoms with Crippen LogP contribution in [0.25, 0.3) is 0 Å². The van der Waals surface area contributed by atoms with Crippen LogP contribution in [0.15, 0.2) is 29.0 Å². The van der Waals surface area contributed by atoms with Gasteiger partial charge in [0.25, 0.3) is 0 Å². The van der Waals surface area contributed by atoms with Crippen LogP contribution in [0.1, 0.15) is 53.4 Å². The van der Waals surface area contributed by atoms with E-state index >= 15 is 0 Å². The molecule has 0 heterocycles. The van der Waals surface area contributed by atoms with Crippen LogP contribution < -0.4 is 0 Å². The lowest BCUT2D eigenvalue weighted by molar-refractivity contribution is 0.483. The molecular weight excluding hydrogens is 180 g/mol. The molecule has 1 aliphatic rings. The first kappa shape index (κ1) is 12.3. The summed E-state index contributed by atoms with van der Waals surface area (Å²) in [5.74, 6) is 1.61. The van der Waals surface area contributed by atoms with Gasteiger partial charge in [0, 0.05) is 0 Å². The van der Waals surface area contributed by atoms with E-state index in [1.807, 2.05) is 0 Å². The summed E-state index contributed by atoms with van der Waals surface area (Å²) in [5.41, 5.74) is 6.23. The average Bonchev–Trinajstić information content (AvgIpc) is 2.18. The van der Waals surface area contributed by atoms with E-state index in [-0.39, 0.29) is 0 Å². The maximum Gasteiger partial charge on any atom is -0.0191 e. The van der Waals surface area contributed by atoms with Crippen LogP contribution >= 0.6 is 0 Å². The summed E-state index contributed by atoms with van der Waals surface area (Å²) < 4.78 is 0. The summed E-state index contributed by atoms with van der Waals surface area (Å²) in [5, 5.41) is 0. The third-order valence-corrected chi connectivity index (χ3v) is 3.20. The molecule has 0 spiro atoms. The van der Waals surface area contributed by atoms with Crippen molar-refractivity contribution in [1.82, 2.24) is 0 Å². The summed E-state index contributed by atoms with van der Waals surface area (Å²) in [7, 11) is 0. The zero-order valence-electron chi connectivity index (χ0n) is 10.6. The van der Waals surface area contributed by atoms with Crippen LogP contribution in [0.4, 0.5) is 0 Å². The molecule has 0 amide bonds. The van der Waals surface area contributed by atoms with E-state index in [1.54, 1.807) is 5.57 Å². The number of allylic oxidation sites excluding steroid dienone is 3. The Hall–Kier alpha value is -0.740. The first-order valence-corrected chi connectivity index (χ1v) is 6.17. The first-order valence-electron chi connectivity index (χ1n) is 6.17. The molecule has 0 saturated carbocycles. The third-order valence-electron chi connectivity index (χ3n) is 3.20. The monoisotopic (exact) mass is 204 g/mol. The van der Waals surface area contributed by atoms with Gasteiger partial charge < -0.3 is 0 Å². The lowest BCUT2D eigenvalue weighted by Crippen LogP contribution is -2.07. The Kier molecular flexibility index (Phi) is 4.91. The minimum Gasteiger partial charge on any atom is -0.127 e. The Morgan fingerprint density at radius 2 is 2.33 bits per heavy atom. The number of rotatable bonds is 3. The molecule has 1 aliphatic carbocycles. The normalized spacial score (nSPS) is 22.7. The van der Waals surface area contributed by atoms with Gasteiger partial charge in [-0.05, 0) is 63.0 Å². The SMILES string of the molecule is CC(C)=C=CCC(C)C1=CCC(C)CC1. The predicted molar refractivity (Wildman–Crippen MR) is 67.8 cm³/mol. The minimum absolute atomic E-state index is 0.712. The van der Waals surface area contributed by atoms with Gasteiger partial charge in [-0.3, -0.25) is 0 Å². The highest BCUT2D eigenvalue weighted by Gasteiger charge is 2.13. The molecule has 2 atom stereocenters. The number of hydrogen-bond acceptors (Lipinski definition) is 0. The summed E-state index contributed by atoms with van der Waals surface area (Å²) in [6.07, 6.45) is 9.78. The van der Waals surface area contributed by atoms with Gasteiger partial charge in [0.05, 0.1) is 0 Å². The Balaban J connectivity index is 2.47. The fourth-order valence-electron chi connectivity index (χ4n) is 2.02. The smallest absolute Gasteiger partial charge is 0.0191 e. The quantitative estimate of drug-likeness (QED) is 0.454. The van der Waals surface area contributed by atoms with Crippen LogP contribution in [0.3, 0.4) is 0 Å². The van der Waals surface area contributed by atoms with Crippen LogP contribution in [-0.2, 0) is 0 Å². The molecule has 1 rings (SSSR count). The molecule has 0 nitrogen and oxygen atoms in total. The van der Waals surface area contributed by atoms with Gasteiger partial charge in [-0.25, -0.2) is 0 Å². The molecular formula is C15H24. The molecule has 0 aliphatic heterocycles. The highest BCUT2D eigenvalue weighted by molar-refractivity contribution is 5.11. The van der Waals surface area contributed by atoms with Crippen LogP contribution in [0, 0.1) is 11.8 Å². The Bertz CT molecular complexity index is 283. The molecule has 0 radical (unpaired) electrons. The standard InChI is InChI=1S/C15H24/c1-12(2)6-5-7-14(4)15-10-8-13(3)9-11-15/h5,10,13-14H,7-9,11H2,1-4H3. The molecule has 0 saturated heterocycles. The van der Waals surface area contributed by atoms with Crippen LogP contribution in [0.2, 0.25) is 0 Å². The molecule has 0 aromatic heterocycles. The van der Waals surface area contributed by atoms with E-state index in [4.69, 9.17) is 0 Å². The summed E-state index contributed by atoms with van der Waals surface area (Å²) >= 11 is 0. The highest BCUT2D eigenvalue weighted by atomic mass is 14.2. The lowest BCUT2D eigenvalue weighted by atomic mass is 9.84. The molecule has 0 bridgehead atoms. The van der Waals surface area contributed by atoms with E-state index in [0.29, 0.717) is 5.92 Å². The molecule has 84 valence electrons. The van der Waals surface area contributed by atoms with Crippen molar-refractivity contribution in [1.29, 1.82) is 0 Å². The topological polar surface area (TPSA) is 0 Å². The molecule has 2 unspecified atom stereocenters. The minimum atomic E-state index is 0.712. The predicted octanol–water partition coefficient (Wildman–Crippen LogP) is 4.88. The van der Waals surface area contributed by atoms with Crippen LogP contribution in [0.5, 0.6) is 0 Å². The van der Waals surface area contributed by atoms with E-state index in [2.05, 4.69) is 45.6 Å². The number of hydrogen-bond donors (Lipinski definition) is 0. The molecule has 0 N–H and O–H groups in total. The van der Waals surface area contributed by atoms with Gasteiger partial charge in [-0.15, -0.1) is 5.73 Å². The largest absolute Gasteiger partial charge is 0.127 e. The van der Waals surface area contributed by atoms with Crippen molar-refractivity contribution < 1.29 is 0 Å². The van der Waals surface area contributed by atoms with Crippen molar-refractivity contribution in [2.75, 3.05) is 0 Å². The van der Waals surface area contributed by atoms with Crippen LogP contribution in [-0.4, -0.2) is 0 Å². The maximum absolute atomic E-state index is 3.29. The van der Waals surface area contributed by atoms with Crippen molar-refractivity contribution in [2.24, 2.45) is 11.8 Å². The fourth-order valence-corrected chi connectivity index (χ4v) is 2.02. The average molecular weight is 204 g/mol. The van der Waals surface area contributed by atoms with Gasteiger partial charge >= 0.3 is 0 Å². The summed E-state index contributed by atoms with van der Waals surface area (Å²) in [6.45, 7) is 8.89. The Labute approximate surface area is 94.8 Å². The fraction of sp³-hybridized carbons (Fsp3) is 0.667. The first-order chi connectivity index (χ1) is 7.09.